The zero-order valence-corrected chi connectivity index (χ0v) is 11.2. The molecule has 20 heavy (non-hydrogen) atoms. The highest BCUT2D eigenvalue weighted by Crippen LogP contribution is 2.19. The quantitative estimate of drug-likeness (QED) is 0.841. The second-order valence-corrected chi connectivity index (χ2v) is 4.60. The highest BCUT2D eigenvalue weighted by Gasteiger charge is 2.33. The first-order chi connectivity index (χ1) is 9.60. The van der Waals surface area contributed by atoms with Crippen molar-refractivity contribution >= 4 is 11.9 Å². The number of carbonyl (C=O) groups is 2. The van der Waals surface area contributed by atoms with Crippen LogP contribution in [0.3, 0.4) is 0 Å². The Morgan fingerprint density at radius 3 is 2.55 bits per heavy atom. The van der Waals surface area contributed by atoms with Crippen molar-refractivity contribution in [2.75, 3.05) is 26.8 Å². The topological polar surface area (TPSA) is 76.1 Å². The maximum Gasteiger partial charge on any atom is 0.308 e. The Labute approximate surface area is 116 Å². The number of amides is 1. The Morgan fingerprint density at radius 2 is 2.00 bits per heavy atom. The highest BCUT2D eigenvalue weighted by molar-refractivity contribution is 5.86. The number of hydrogen-bond acceptors (Lipinski definition) is 4. The van der Waals surface area contributed by atoms with E-state index in [9.17, 15) is 9.59 Å². The molecule has 1 atom stereocenters. The van der Waals surface area contributed by atoms with E-state index >= 15 is 0 Å². The molecule has 1 unspecified atom stereocenters. The standard InChI is InChI=1S/C14H17NO5/c1-19-11-2-4-12(5-3-11)20-7-6-15-9-10(14(17)18)8-13(15)16/h2-5,10H,6-9H2,1H3,(H,17,18). The van der Waals surface area contributed by atoms with Crippen LogP contribution in [0, 0.1) is 5.92 Å². The Morgan fingerprint density at radius 1 is 1.35 bits per heavy atom. The summed E-state index contributed by atoms with van der Waals surface area (Å²) in [6, 6.07) is 7.14. The molecule has 6 nitrogen and oxygen atoms in total. The summed E-state index contributed by atoms with van der Waals surface area (Å²) in [4.78, 5) is 24.0. The van der Waals surface area contributed by atoms with Crippen molar-refractivity contribution in [3.05, 3.63) is 24.3 Å². The summed E-state index contributed by atoms with van der Waals surface area (Å²) < 4.78 is 10.6. The van der Waals surface area contributed by atoms with Crippen LogP contribution in [0.1, 0.15) is 6.42 Å². The molecular formula is C14H17NO5. The number of hydrogen-bond donors (Lipinski definition) is 1. The third-order valence-electron chi connectivity index (χ3n) is 3.25. The van der Waals surface area contributed by atoms with E-state index in [1.54, 1.807) is 31.4 Å². The molecule has 108 valence electrons. The Bertz CT molecular complexity index is 485. The first kappa shape index (κ1) is 14.2. The molecule has 1 aromatic rings. The second kappa shape index (κ2) is 6.27. The minimum absolute atomic E-state index is 0.0812. The summed E-state index contributed by atoms with van der Waals surface area (Å²) in [5.74, 6) is -0.209. The van der Waals surface area contributed by atoms with Crippen molar-refractivity contribution in [2.24, 2.45) is 5.92 Å². The number of rotatable bonds is 6. The number of carbonyl (C=O) groups excluding carboxylic acids is 1. The molecular weight excluding hydrogens is 262 g/mol. The summed E-state index contributed by atoms with van der Waals surface area (Å²) in [5.41, 5.74) is 0. The van der Waals surface area contributed by atoms with Gasteiger partial charge in [0.1, 0.15) is 18.1 Å². The Hall–Kier alpha value is -2.24. The molecule has 1 amide bonds. The van der Waals surface area contributed by atoms with Crippen molar-refractivity contribution in [3.8, 4) is 11.5 Å². The Kier molecular flexibility index (Phi) is 4.45. The maximum atomic E-state index is 11.6. The lowest BCUT2D eigenvalue weighted by atomic mass is 10.1. The van der Waals surface area contributed by atoms with Gasteiger partial charge in [0.2, 0.25) is 5.91 Å². The smallest absolute Gasteiger partial charge is 0.308 e. The van der Waals surface area contributed by atoms with Crippen LogP contribution in [0.4, 0.5) is 0 Å². The lowest BCUT2D eigenvalue weighted by Crippen LogP contribution is -2.30. The molecule has 0 spiro atoms. The van der Waals surface area contributed by atoms with Gasteiger partial charge >= 0.3 is 5.97 Å². The van der Waals surface area contributed by atoms with E-state index in [2.05, 4.69) is 0 Å². The molecule has 1 aromatic carbocycles. The van der Waals surface area contributed by atoms with E-state index in [0.29, 0.717) is 18.9 Å². The minimum atomic E-state index is -0.920. The third-order valence-corrected chi connectivity index (χ3v) is 3.25. The lowest BCUT2D eigenvalue weighted by molar-refractivity contribution is -0.141. The number of nitrogens with zero attached hydrogens (tertiary/aromatic N) is 1. The van der Waals surface area contributed by atoms with Gasteiger partial charge < -0.3 is 19.5 Å². The fourth-order valence-electron chi connectivity index (χ4n) is 2.10. The predicted molar refractivity (Wildman–Crippen MR) is 70.8 cm³/mol. The van der Waals surface area contributed by atoms with Gasteiger partial charge in [0.05, 0.1) is 19.6 Å². The van der Waals surface area contributed by atoms with E-state index in [4.69, 9.17) is 14.6 Å². The van der Waals surface area contributed by atoms with Gasteiger partial charge in [-0.25, -0.2) is 0 Å². The number of methoxy groups -OCH3 is 1. The van der Waals surface area contributed by atoms with E-state index in [1.807, 2.05) is 0 Å². The number of carboxylic acids is 1. The van der Waals surface area contributed by atoms with E-state index in [-0.39, 0.29) is 18.9 Å². The predicted octanol–water partition coefficient (Wildman–Crippen LogP) is 1.01. The molecule has 2 rings (SSSR count). The van der Waals surface area contributed by atoms with Crippen LogP contribution in [0.2, 0.25) is 0 Å². The summed E-state index contributed by atoms with van der Waals surface area (Å²) >= 11 is 0. The van der Waals surface area contributed by atoms with Crippen LogP contribution in [0.5, 0.6) is 11.5 Å². The van der Waals surface area contributed by atoms with Gasteiger partial charge in [-0.1, -0.05) is 0 Å². The average Bonchev–Trinajstić information content (AvgIpc) is 2.81. The minimum Gasteiger partial charge on any atom is -0.497 e. The van der Waals surface area contributed by atoms with Crippen LogP contribution < -0.4 is 9.47 Å². The number of ether oxygens (including phenoxy) is 2. The van der Waals surface area contributed by atoms with Gasteiger partial charge in [-0.05, 0) is 24.3 Å². The van der Waals surface area contributed by atoms with Crippen LogP contribution in [-0.2, 0) is 9.59 Å². The molecule has 1 saturated heterocycles. The van der Waals surface area contributed by atoms with Crippen molar-refractivity contribution in [1.29, 1.82) is 0 Å². The first-order valence-electron chi connectivity index (χ1n) is 6.37. The van der Waals surface area contributed by atoms with Crippen LogP contribution in [0.15, 0.2) is 24.3 Å². The van der Waals surface area contributed by atoms with Crippen molar-refractivity contribution < 1.29 is 24.2 Å². The number of aliphatic carboxylic acids is 1. The van der Waals surface area contributed by atoms with E-state index < -0.39 is 11.9 Å². The van der Waals surface area contributed by atoms with Gasteiger partial charge in [0.15, 0.2) is 0 Å². The van der Waals surface area contributed by atoms with Crippen molar-refractivity contribution in [1.82, 2.24) is 4.90 Å². The van der Waals surface area contributed by atoms with Gasteiger partial charge in [-0.3, -0.25) is 9.59 Å². The first-order valence-corrected chi connectivity index (χ1v) is 6.37. The molecule has 0 radical (unpaired) electrons. The zero-order chi connectivity index (χ0) is 14.5. The Balaban J connectivity index is 1.78. The molecule has 1 N–H and O–H groups in total. The van der Waals surface area contributed by atoms with Gasteiger partial charge in [-0.15, -0.1) is 0 Å². The monoisotopic (exact) mass is 279 g/mol. The van der Waals surface area contributed by atoms with Gasteiger partial charge in [0.25, 0.3) is 0 Å². The van der Waals surface area contributed by atoms with Crippen LogP contribution in [-0.4, -0.2) is 48.7 Å². The molecule has 0 aromatic heterocycles. The zero-order valence-electron chi connectivity index (χ0n) is 11.2. The van der Waals surface area contributed by atoms with Crippen molar-refractivity contribution in [2.45, 2.75) is 6.42 Å². The fraction of sp³-hybridized carbons (Fsp3) is 0.429. The largest absolute Gasteiger partial charge is 0.497 e. The van der Waals surface area contributed by atoms with Gasteiger partial charge in [-0.2, -0.15) is 0 Å². The normalized spacial score (nSPS) is 18.1. The molecule has 1 aliphatic rings. The van der Waals surface area contributed by atoms with E-state index in [0.717, 1.165) is 5.75 Å². The maximum absolute atomic E-state index is 11.6. The summed E-state index contributed by atoms with van der Waals surface area (Å²) in [7, 11) is 1.59. The van der Waals surface area contributed by atoms with Gasteiger partial charge in [0, 0.05) is 13.0 Å². The summed E-state index contributed by atoms with van der Waals surface area (Å²) in [5, 5.41) is 8.88. The lowest BCUT2D eigenvalue weighted by Gasteiger charge is -2.16. The fourth-order valence-corrected chi connectivity index (χ4v) is 2.10. The molecule has 0 saturated carbocycles. The number of benzene rings is 1. The molecule has 0 aliphatic carbocycles. The molecule has 1 fully saturated rings. The molecule has 1 aliphatic heterocycles. The second-order valence-electron chi connectivity index (χ2n) is 4.60. The average molecular weight is 279 g/mol. The SMILES string of the molecule is COc1ccc(OCCN2CC(C(=O)O)CC2=O)cc1. The van der Waals surface area contributed by atoms with Crippen molar-refractivity contribution in [3.63, 3.8) is 0 Å². The van der Waals surface area contributed by atoms with Crippen LogP contribution in [0.25, 0.3) is 0 Å². The van der Waals surface area contributed by atoms with Crippen LogP contribution >= 0.6 is 0 Å². The molecule has 6 heteroatoms. The summed E-state index contributed by atoms with van der Waals surface area (Å²) in [6.45, 7) is 0.999. The summed E-state index contributed by atoms with van der Waals surface area (Å²) in [6.07, 6.45) is 0.0812. The van der Waals surface area contributed by atoms with E-state index in [1.165, 1.54) is 4.90 Å². The number of likely N-dealkylation sites (tertiary alicyclic amines) is 1. The molecule has 0 bridgehead atoms. The number of carboxylic acid groups (broad SMARTS) is 1. The highest BCUT2D eigenvalue weighted by atomic mass is 16.5. The third kappa shape index (κ3) is 3.40. The molecule has 1 heterocycles.